The summed E-state index contributed by atoms with van der Waals surface area (Å²) in [6.45, 7) is 2.14. The molecule has 1 saturated heterocycles. The maximum atomic E-state index is 12.7. The van der Waals surface area contributed by atoms with Crippen molar-refractivity contribution in [1.29, 1.82) is 0 Å². The Bertz CT molecular complexity index is 767. The van der Waals surface area contributed by atoms with Gasteiger partial charge in [-0.15, -0.1) is 0 Å². The second-order valence-corrected chi connectivity index (χ2v) is 6.72. The van der Waals surface area contributed by atoms with E-state index in [0.717, 1.165) is 5.69 Å². The van der Waals surface area contributed by atoms with Crippen molar-refractivity contribution in [2.24, 2.45) is 0 Å². The molecule has 6 nitrogen and oxygen atoms in total. The van der Waals surface area contributed by atoms with Crippen LogP contribution in [-0.4, -0.2) is 68.5 Å². The van der Waals surface area contributed by atoms with Crippen LogP contribution in [-0.2, 0) is 4.79 Å². The molecule has 0 bridgehead atoms. The molecule has 0 unspecified atom stereocenters. The van der Waals surface area contributed by atoms with Crippen molar-refractivity contribution in [2.45, 2.75) is 0 Å². The van der Waals surface area contributed by atoms with Gasteiger partial charge in [0.2, 0.25) is 0 Å². The minimum Gasteiger partial charge on any atom is -0.484 e. The van der Waals surface area contributed by atoms with Gasteiger partial charge in [-0.3, -0.25) is 9.59 Å². The Hall–Kier alpha value is -3.02. The molecule has 1 fully saturated rings. The van der Waals surface area contributed by atoms with Crippen LogP contribution < -0.4 is 9.64 Å². The van der Waals surface area contributed by atoms with Gasteiger partial charge in [0.1, 0.15) is 5.75 Å². The molecule has 0 aromatic heterocycles. The summed E-state index contributed by atoms with van der Waals surface area (Å²) >= 11 is 0. The van der Waals surface area contributed by atoms with Crippen LogP contribution in [0.4, 0.5) is 5.69 Å². The zero-order chi connectivity index (χ0) is 19.2. The zero-order valence-corrected chi connectivity index (χ0v) is 15.8. The van der Waals surface area contributed by atoms with Crippen molar-refractivity contribution >= 4 is 17.5 Å². The van der Waals surface area contributed by atoms with Gasteiger partial charge >= 0.3 is 0 Å². The summed E-state index contributed by atoms with van der Waals surface area (Å²) < 4.78 is 5.52. The van der Waals surface area contributed by atoms with Crippen LogP contribution in [0.5, 0.6) is 5.75 Å². The molecule has 1 aliphatic rings. The van der Waals surface area contributed by atoms with Gasteiger partial charge in [0, 0.05) is 51.5 Å². The van der Waals surface area contributed by atoms with E-state index in [2.05, 4.69) is 0 Å². The molecule has 1 heterocycles. The van der Waals surface area contributed by atoms with Crippen molar-refractivity contribution in [1.82, 2.24) is 9.80 Å². The molecule has 0 aliphatic carbocycles. The topological polar surface area (TPSA) is 53.1 Å². The first kappa shape index (κ1) is 18.8. The first-order valence-electron chi connectivity index (χ1n) is 9.07. The Labute approximate surface area is 159 Å². The van der Waals surface area contributed by atoms with Crippen molar-refractivity contribution in [2.75, 3.05) is 51.8 Å². The quantitative estimate of drug-likeness (QED) is 0.812. The van der Waals surface area contributed by atoms with Gasteiger partial charge in [-0.25, -0.2) is 0 Å². The lowest BCUT2D eigenvalue weighted by Crippen LogP contribution is -2.51. The number of rotatable bonds is 5. The molecule has 2 amide bonds. The van der Waals surface area contributed by atoms with Gasteiger partial charge < -0.3 is 19.4 Å². The lowest BCUT2D eigenvalue weighted by atomic mass is 10.1. The monoisotopic (exact) mass is 367 g/mol. The molecule has 142 valence electrons. The van der Waals surface area contributed by atoms with Crippen LogP contribution in [0.25, 0.3) is 0 Å². The van der Waals surface area contributed by atoms with Crippen LogP contribution in [0, 0.1) is 0 Å². The number of carbonyl (C=O) groups is 2. The Balaban J connectivity index is 1.49. The number of nitrogens with zero attached hydrogens (tertiary/aromatic N) is 3. The van der Waals surface area contributed by atoms with Gasteiger partial charge in [-0.2, -0.15) is 0 Å². The third kappa shape index (κ3) is 4.78. The van der Waals surface area contributed by atoms with Crippen LogP contribution in [0.3, 0.4) is 0 Å². The van der Waals surface area contributed by atoms with E-state index in [9.17, 15) is 9.59 Å². The fourth-order valence-corrected chi connectivity index (χ4v) is 3.00. The maximum Gasteiger partial charge on any atom is 0.260 e. The van der Waals surface area contributed by atoms with E-state index in [1.165, 1.54) is 0 Å². The molecular formula is C21H25N3O3. The van der Waals surface area contributed by atoms with Crippen molar-refractivity contribution < 1.29 is 14.3 Å². The van der Waals surface area contributed by atoms with Crippen LogP contribution in [0.2, 0.25) is 0 Å². The Morgan fingerprint density at radius 2 is 1.48 bits per heavy atom. The van der Waals surface area contributed by atoms with E-state index in [4.69, 9.17) is 4.74 Å². The van der Waals surface area contributed by atoms with Crippen molar-refractivity contribution in [3.05, 3.63) is 60.2 Å². The standard InChI is InChI=1S/C21H25N3O3/c1-22(2)18-10-8-17(9-11-18)21(26)24-14-12-23(13-15-24)20(25)16-27-19-6-4-3-5-7-19/h3-11H,12-16H2,1-2H3. The fraction of sp³-hybridized carbons (Fsp3) is 0.333. The highest BCUT2D eigenvalue weighted by atomic mass is 16.5. The summed E-state index contributed by atoms with van der Waals surface area (Å²) in [6, 6.07) is 16.9. The summed E-state index contributed by atoms with van der Waals surface area (Å²) in [7, 11) is 3.93. The van der Waals surface area contributed by atoms with Crippen molar-refractivity contribution in [3.8, 4) is 5.75 Å². The molecule has 3 rings (SSSR count). The van der Waals surface area contributed by atoms with Gasteiger partial charge in [0.05, 0.1) is 0 Å². The first-order valence-corrected chi connectivity index (χ1v) is 9.07. The van der Waals surface area contributed by atoms with E-state index >= 15 is 0 Å². The fourth-order valence-electron chi connectivity index (χ4n) is 3.00. The maximum absolute atomic E-state index is 12.7. The number of hydrogen-bond donors (Lipinski definition) is 0. The lowest BCUT2D eigenvalue weighted by molar-refractivity contribution is -0.134. The second-order valence-electron chi connectivity index (χ2n) is 6.72. The summed E-state index contributed by atoms with van der Waals surface area (Å²) in [5.41, 5.74) is 1.73. The van der Waals surface area contributed by atoms with Crippen LogP contribution >= 0.6 is 0 Å². The third-order valence-electron chi connectivity index (χ3n) is 4.66. The highest BCUT2D eigenvalue weighted by molar-refractivity contribution is 5.94. The minimum atomic E-state index is -0.0544. The molecule has 0 N–H and O–H groups in total. The molecule has 6 heteroatoms. The SMILES string of the molecule is CN(C)c1ccc(C(=O)N2CCN(C(=O)COc3ccccc3)CC2)cc1. The van der Waals surface area contributed by atoms with E-state index in [1.807, 2.05) is 73.6 Å². The van der Waals surface area contributed by atoms with Gasteiger partial charge in [0.15, 0.2) is 6.61 Å². The zero-order valence-electron chi connectivity index (χ0n) is 15.8. The van der Waals surface area contributed by atoms with Crippen LogP contribution in [0.1, 0.15) is 10.4 Å². The summed E-state index contributed by atoms with van der Waals surface area (Å²) in [4.78, 5) is 30.5. The molecule has 0 saturated carbocycles. The first-order chi connectivity index (χ1) is 13.0. The molecule has 0 spiro atoms. The third-order valence-corrected chi connectivity index (χ3v) is 4.66. The molecule has 0 radical (unpaired) electrons. The predicted molar refractivity (Wildman–Crippen MR) is 105 cm³/mol. The highest BCUT2D eigenvalue weighted by Gasteiger charge is 2.25. The van der Waals surface area contributed by atoms with E-state index in [1.54, 1.807) is 9.80 Å². The van der Waals surface area contributed by atoms with E-state index < -0.39 is 0 Å². The number of ether oxygens (including phenoxy) is 1. The molecule has 0 atom stereocenters. The Morgan fingerprint density at radius 1 is 0.889 bits per heavy atom. The van der Waals surface area contributed by atoms with Crippen molar-refractivity contribution in [3.63, 3.8) is 0 Å². The van der Waals surface area contributed by atoms with Crippen LogP contribution in [0.15, 0.2) is 54.6 Å². The van der Waals surface area contributed by atoms with Gasteiger partial charge in [0.25, 0.3) is 11.8 Å². The average Bonchev–Trinajstić information content (AvgIpc) is 2.72. The molecule has 2 aromatic carbocycles. The van der Waals surface area contributed by atoms with Gasteiger partial charge in [-0.1, -0.05) is 18.2 Å². The molecule has 1 aliphatic heterocycles. The normalized spacial score (nSPS) is 14.0. The Morgan fingerprint density at radius 3 is 2.07 bits per heavy atom. The number of carbonyl (C=O) groups excluding carboxylic acids is 2. The van der Waals surface area contributed by atoms with Gasteiger partial charge in [-0.05, 0) is 36.4 Å². The smallest absolute Gasteiger partial charge is 0.260 e. The second kappa shape index (κ2) is 8.58. The highest BCUT2D eigenvalue weighted by Crippen LogP contribution is 2.15. The minimum absolute atomic E-state index is 0.00735. The van der Waals surface area contributed by atoms with E-state index in [-0.39, 0.29) is 18.4 Å². The Kier molecular flexibility index (Phi) is 5.96. The molecule has 2 aromatic rings. The summed E-state index contributed by atoms with van der Waals surface area (Å²) in [5.74, 6) is 0.634. The number of amides is 2. The predicted octanol–water partition coefficient (Wildman–Crippen LogP) is 2.12. The summed E-state index contributed by atoms with van der Waals surface area (Å²) in [5, 5.41) is 0. The van der Waals surface area contributed by atoms with E-state index in [0.29, 0.717) is 37.5 Å². The number of hydrogen-bond acceptors (Lipinski definition) is 4. The average molecular weight is 367 g/mol. The number of piperazine rings is 1. The number of anilines is 1. The summed E-state index contributed by atoms with van der Waals surface area (Å²) in [6.07, 6.45) is 0. The molecular weight excluding hydrogens is 342 g/mol. The molecule has 27 heavy (non-hydrogen) atoms. The lowest BCUT2D eigenvalue weighted by Gasteiger charge is -2.34. The number of para-hydroxylation sites is 1. The largest absolute Gasteiger partial charge is 0.484 e. The number of benzene rings is 2.